The molecule has 0 aliphatic heterocycles. The molecule has 1 saturated carbocycles. The molecule has 1 aliphatic carbocycles. The molecule has 0 radical (unpaired) electrons. The van der Waals surface area contributed by atoms with Crippen molar-refractivity contribution in [2.75, 3.05) is 20.3 Å². The number of carbonyl (C=O) groups excluding carboxylic acids is 1. The molecule has 0 bridgehead atoms. The third-order valence-electron chi connectivity index (χ3n) is 3.63. The van der Waals surface area contributed by atoms with Gasteiger partial charge in [0.25, 0.3) is 0 Å². The van der Waals surface area contributed by atoms with Crippen molar-refractivity contribution in [3.05, 3.63) is 0 Å². The van der Waals surface area contributed by atoms with Gasteiger partial charge >= 0.3 is 0 Å². The Balaban J connectivity index is 2.17. The number of aliphatic hydroxyl groups excluding tert-OH is 1. The van der Waals surface area contributed by atoms with Gasteiger partial charge in [-0.25, -0.2) is 0 Å². The normalized spacial score (nSPS) is 20.2. The van der Waals surface area contributed by atoms with Crippen LogP contribution in [-0.2, 0) is 9.53 Å². The Bertz CT molecular complexity index is 227. The minimum Gasteiger partial charge on any atom is -0.391 e. The van der Waals surface area contributed by atoms with Gasteiger partial charge in [0.2, 0.25) is 5.91 Å². The molecule has 100 valence electrons. The van der Waals surface area contributed by atoms with Crippen molar-refractivity contribution in [2.45, 2.75) is 45.1 Å². The minimum atomic E-state index is -0.379. The maximum atomic E-state index is 11.7. The second kappa shape index (κ2) is 7.67. The lowest BCUT2D eigenvalue weighted by atomic mass is 10.0. The van der Waals surface area contributed by atoms with Gasteiger partial charge in [0.1, 0.15) is 0 Å². The number of hydrogen-bond acceptors (Lipinski definition) is 3. The summed E-state index contributed by atoms with van der Waals surface area (Å²) in [4.78, 5) is 11.7. The lowest BCUT2D eigenvalue weighted by molar-refractivity contribution is -0.125. The third-order valence-corrected chi connectivity index (χ3v) is 3.63. The molecule has 1 aliphatic rings. The fourth-order valence-electron chi connectivity index (χ4n) is 2.31. The molecule has 1 amide bonds. The summed E-state index contributed by atoms with van der Waals surface area (Å²) in [5.74, 6) is 0.342. The second-order valence-electron chi connectivity index (χ2n) is 5.04. The van der Waals surface area contributed by atoms with Crippen LogP contribution >= 0.6 is 0 Å². The van der Waals surface area contributed by atoms with Gasteiger partial charge in [-0.2, -0.15) is 0 Å². The molecule has 0 aromatic rings. The Morgan fingerprint density at radius 2 is 2.12 bits per heavy atom. The topological polar surface area (TPSA) is 58.6 Å². The lowest BCUT2D eigenvalue weighted by Gasteiger charge is -2.19. The molecule has 4 nitrogen and oxygen atoms in total. The monoisotopic (exact) mass is 243 g/mol. The molecular formula is C13H25NO3. The van der Waals surface area contributed by atoms with E-state index in [1.165, 1.54) is 12.8 Å². The Morgan fingerprint density at radius 3 is 2.71 bits per heavy atom. The number of ether oxygens (including phenoxy) is 1. The summed E-state index contributed by atoms with van der Waals surface area (Å²) in [5.41, 5.74) is 0. The average Bonchev–Trinajstić information content (AvgIpc) is 2.86. The van der Waals surface area contributed by atoms with Crippen LogP contribution in [0.4, 0.5) is 0 Å². The molecule has 0 aromatic heterocycles. The first-order valence-corrected chi connectivity index (χ1v) is 6.60. The van der Waals surface area contributed by atoms with Crippen molar-refractivity contribution in [2.24, 2.45) is 11.8 Å². The van der Waals surface area contributed by atoms with Gasteiger partial charge in [0.15, 0.2) is 0 Å². The predicted molar refractivity (Wildman–Crippen MR) is 66.6 cm³/mol. The van der Waals surface area contributed by atoms with Crippen molar-refractivity contribution < 1.29 is 14.6 Å². The highest BCUT2D eigenvalue weighted by molar-refractivity contribution is 5.78. The van der Waals surface area contributed by atoms with Gasteiger partial charge in [-0.1, -0.05) is 19.8 Å². The molecule has 0 aromatic carbocycles. The van der Waals surface area contributed by atoms with Gasteiger partial charge in [0, 0.05) is 26.2 Å². The third kappa shape index (κ3) is 5.04. The zero-order chi connectivity index (χ0) is 12.7. The summed E-state index contributed by atoms with van der Waals surface area (Å²) in [6, 6.07) is 0. The second-order valence-corrected chi connectivity index (χ2v) is 5.04. The molecule has 2 unspecified atom stereocenters. The van der Waals surface area contributed by atoms with Crippen LogP contribution in [-0.4, -0.2) is 37.4 Å². The van der Waals surface area contributed by atoms with Crippen molar-refractivity contribution in [1.29, 1.82) is 0 Å². The van der Waals surface area contributed by atoms with E-state index in [1.54, 1.807) is 7.11 Å². The molecule has 4 heteroatoms. The van der Waals surface area contributed by atoms with E-state index in [1.807, 2.05) is 6.92 Å². The van der Waals surface area contributed by atoms with E-state index in [2.05, 4.69) is 5.32 Å². The number of nitrogens with one attached hydrogen (secondary N) is 1. The largest absolute Gasteiger partial charge is 0.391 e. The minimum absolute atomic E-state index is 0.0131. The zero-order valence-electron chi connectivity index (χ0n) is 10.9. The van der Waals surface area contributed by atoms with Gasteiger partial charge in [-0.05, 0) is 25.2 Å². The first-order valence-electron chi connectivity index (χ1n) is 6.60. The first-order chi connectivity index (χ1) is 8.15. The fraction of sp³-hybridized carbons (Fsp3) is 0.923. The summed E-state index contributed by atoms with van der Waals surface area (Å²) < 4.78 is 4.94. The highest BCUT2D eigenvalue weighted by atomic mass is 16.5. The van der Waals surface area contributed by atoms with E-state index in [0.29, 0.717) is 19.1 Å². The van der Waals surface area contributed by atoms with Crippen molar-refractivity contribution in [1.82, 2.24) is 5.32 Å². The molecule has 1 fully saturated rings. The first kappa shape index (κ1) is 14.5. The van der Waals surface area contributed by atoms with E-state index >= 15 is 0 Å². The summed E-state index contributed by atoms with van der Waals surface area (Å²) in [7, 11) is 1.63. The van der Waals surface area contributed by atoms with Crippen LogP contribution in [0, 0.1) is 11.8 Å². The quantitative estimate of drug-likeness (QED) is 0.709. The molecular weight excluding hydrogens is 218 g/mol. The fourth-order valence-corrected chi connectivity index (χ4v) is 2.31. The van der Waals surface area contributed by atoms with Gasteiger partial charge in [0.05, 0.1) is 6.10 Å². The summed E-state index contributed by atoms with van der Waals surface area (Å²) in [5, 5.41) is 12.7. The standard InChI is InChI=1S/C13H25NO3/c1-10(7-8-17-2)13(16)14-9-12(15)11-5-3-4-6-11/h10-12,15H,3-9H2,1-2H3,(H,14,16). The van der Waals surface area contributed by atoms with E-state index in [-0.39, 0.29) is 17.9 Å². The van der Waals surface area contributed by atoms with Crippen LogP contribution in [0.5, 0.6) is 0 Å². The van der Waals surface area contributed by atoms with E-state index in [4.69, 9.17) is 4.74 Å². The number of rotatable bonds is 7. The Morgan fingerprint density at radius 1 is 1.47 bits per heavy atom. The SMILES string of the molecule is COCCC(C)C(=O)NCC(O)C1CCCC1. The van der Waals surface area contributed by atoms with E-state index < -0.39 is 0 Å². The lowest BCUT2D eigenvalue weighted by Crippen LogP contribution is -2.38. The molecule has 2 atom stereocenters. The Kier molecular flexibility index (Phi) is 6.52. The molecule has 2 N–H and O–H groups in total. The maximum Gasteiger partial charge on any atom is 0.223 e. The molecule has 0 spiro atoms. The molecule has 0 saturated heterocycles. The molecule has 1 rings (SSSR count). The van der Waals surface area contributed by atoms with Crippen molar-refractivity contribution in [3.8, 4) is 0 Å². The number of hydrogen-bond donors (Lipinski definition) is 2. The smallest absolute Gasteiger partial charge is 0.223 e. The highest BCUT2D eigenvalue weighted by Gasteiger charge is 2.23. The molecule has 17 heavy (non-hydrogen) atoms. The zero-order valence-corrected chi connectivity index (χ0v) is 10.9. The summed E-state index contributed by atoms with van der Waals surface area (Å²) in [6.45, 7) is 2.87. The number of carbonyl (C=O) groups is 1. The maximum absolute atomic E-state index is 11.7. The number of aliphatic hydroxyl groups is 1. The van der Waals surface area contributed by atoms with E-state index in [9.17, 15) is 9.90 Å². The van der Waals surface area contributed by atoms with Gasteiger partial charge < -0.3 is 15.2 Å². The number of methoxy groups -OCH3 is 1. The van der Waals surface area contributed by atoms with Crippen molar-refractivity contribution in [3.63, 3.8) is 0 Å². The van der Waals surface area contributed by atoms with Gasteiger partial charge in [-0.15, -0.1) is 0 Å². The number of amides is 1. The Hall–Kier alpha value is -0.610. The van der Waals surface area contributed by atoms with Crippen LogP contribution in [0.3, 0.4) is 0 Å². The van der Waals surface area contributed by atoms with Crippen LogP contribution in [0.25, 0.3) is 0 Å². The van der Waals surface area contributed by atoms with Crippen LogP contribution in [0.15, 0.2) is 0 Å². The Labute approximate surface area is 104 Å². The molecule has 0 heterocycles. The summed E-state index contributed by atoms with van der Waals surface area (Å²) >= 11 is 0. The summed E-state index contributed by atoms with van der Waals surface area (Å²) in [6.07, 6.45) is 4.95. The average molecular weight is 243 g/mol. The van der Waals surface area contributed by atoms with Crippen LogP contribution in [0.1, 0.15) is 39.0 Å². The highest BCUT2D eigenvalue weighted by Crippen LogP contribution is 2.27. The van der Waals surface area contributed by atoms with Crippen molar-refractivity contribution >= 4 is 5.91 Å². The van der Waals surface area contributed by atoms with Crippen LogP contribution in [0.2, 0.25) is 0 Å². The predicted octanol–water partition coefficient (Wildman–Crippen LogP) is 1.33. The van der Waals surface area contributed by atoms with Gasteiger partial charge in [-0.3, -0.25) is 4.79 Å². The van der Waals surface area contributed by atoms with E-state index in [0.717, 1.165) is 19.3 Å². The van der Waals surface area contributed by atoms with Crippen LogP contribution < -0.4 is 5.32 Å².